The minimum atomic E-state index is -0.529. The highest BCUT2D eigenvalue weighted by Gasteiger charge is 2.16. The van der Waals surface area contributed by atoms with Crippen molar-refractivity contribution in [2.75, 3.05) is 0 Å². The fraction of sp³-hybridized carbons (Fsp3) is 0.0476. The first-order chi connectivity index (χ1) is 14.0. The molecule has 0 fully saturated rings. The summed E-state index contributed by atoms with van der Waals surface area (Å²) in [6, 6.07) is 18.6. The van der Waals surface area contributed by atoms with Crippen molar-refractivity contribution < 1.29 is 14.5 Å². The van der Waals surface area contributed by atoms with Crippen molar-refractivity contribution in [3.63, 3.8) is 0 Å². The Morgan fingerprint density at radius 3 is 2.69 bits per heavy atom. The number of halogens is 1. The van der Waals surface area contributed by atoms with Crippen LogP contribution < -0.4 is 0 Å². The highest BCUT2D eigenvalue weighted by molar-refractivity contribution is 7.19. The average Bonchev–Trinajstić information content (AvgIpc) is 3.17. The second-order valence-corrected chi connectivity index (χ2v) is 7.89. The van der Waals surface area contributed by atoms with Gasteiger partial charge in [0.25, 0.3) is 5.69 Å². The van der Waals surface area contributed by atoms with Crippen LogP contribution in [0.5, 0.6) is 0 Å². The van der Waals surface area contributed by atoms with Crippen LogP contribution >= 0.6 is 22.9 Å². The van der Waals surface area contributed by atoms with Gasteiger partial charge in [0.05, 0.1) is 30.9 Å². The first-order valence-corrected chi connectivity index (χ1v) is 9.76. The summed E-state index contributed by atoms with van der Waals surface area (Å²) in [5.74, 6) is -0.529. The summed E-state index contributed by atoms with van der Waals surface area (Å²) >= 11 is 7.41. The normalized spacial score (nSPS) is 10.8. The standard InChI is InChI=1S/C21H13ClN2O4S/c22-20-9-8-19(29-20)18-11-16(15-6-1-2-7-17(15)23-18)21(25)28-12-13-4-3-5-14(10-13)24(26)27/h1-11H,12H2. The number of para-hydroxylation sites is 1. The third kappa shape index (κ3) is 4.11. The lowest BCUT2D eigenvalue weighted by molar-refractivity contribution is -0.384. The number of fused-ring (bicyclic) bond motifs is 1. The Hall–Kier alpha value is -3.29. The van der Waals surface area contributed by atoms with Crippen LogP contribution in [0.15, 0.2) is 66.7 Å². The number of esters is 1. The summed E-state index contributed by atoms with van der Waals surface area (Å²) in [6.07, 6.45) is 0. The third-order valence-electron chi connectivity index (χ3n) is 4.25. The number of nitrogens with zero attached hydrogens (tertiary/aromatic N) is 2. The van der Waals surface area contributed by atoms with E-state index in [9.17, 15) is 14.9 Å². The molecule has 0 atom stereocenters. The lowest BCUT2D eigenvalue weighted by atomic mass is 10.1. The molecule has 0 aliphatic rings. The molecule has 2 aromatic carbocycles. The second kappa shape index (κ2) is 7.98. The predicted molar refractivity (Wildman–Crippen MR) is 112 cm³/mol. The number of nitro benzene ring substituents is 1. The molecule has 0 radical (unpaired) electrons. The molecule has 4 rings (SSSR count). The second-order valence-electron chi connectivity index (χ2n) is 6.18. The molecule has 0 bridgehead atoms. The molecule has 0 aliphatic carbocycles. The molecule has 0 N–H and O–H groups in total. The predicted octanol–water partition coefficient (Wildman–Crippen LogP) is 5.88. The monoisotopic (exact) mass is 424 g/mol. The summed E-state index contributed by atoms with van der Waals surface area (Å²) in [5, 5.41) is 11.6. The summed E-state index contributed by atoms with van der Waals surface area (Å²) in [5.41, 5.74) is 2.15. The maximum atomic E-state index is 12.8. The van der Waals surface area contributed by atoms with Gasteiger partial charge in [-0.2, -0.15) is 0 Å². The van der Waals surface area contributed by atoms with Crippen molar-refractivity contribution in [3.05, 3.63) is 92.3 Å². The first-order valence-electron chi connectivity index (χ1n) is 8.57. The number of hydrogen-bond donors (Lipinski definition) is 0. The van der Waals surface area contributed by atoms with Crippen LogP contribution in [0.4, 0.5) is 5.69 Å². The maximum absolute atomic E-state index is 12.8. The van der Waals surface area contributed by atoms with Gasteiger partial charge in [-0.05, 0) is 29.8 Å². The largest absolute Gasteiger partial charge is 0.457 e. The van der Waals surface area contributed by atoms with Gasteiger partial charge in [0.2, 0.25) is 0 Å². The van der Waals surface area contributed by atoms with Crippen molar-refractivity contribution in [2.24, 2.45) is 0 Å². The van der Waals surface area contributed by atoms with Gasteiger partial charge in [-0.25, -0.2) is 9.78 Å². The number of hydrogen-bond acceptors (Lipinski definition) is 6. The highest BCUT2D eigenvalue weighted by Crippen LogP contribution is 2.32. The van der Waals surface area contributed by atoms with Crippen LogP contribution in [0, 0.1) is 10.1 Å². The molecule has 29 heavy (non-hydrogen) atoms. The Balaban J connectivity index is 1.66. The topological polar surface area (TPSA) is 82.3 Å². The van der Waals surface area contributed by atoms with E-state index in [1.165, 1.54) is 23.5 Å². The number of aromatic nitrogens is 1. The van der Waals surface area contributed by atoms with E-state index in [1.807, 2.05) is 24.3 Å². The minimum Gasteiger partial charge on any atom is -0.457 e. The first kappa shape index (κ1) is 19.0. The number of ether oxygens (including phenoxy) is 1. The molecule has 0 unspecified atom stereocenters. The van der Waals surface area contributed by atoms with E-state index < -0.39 is 10.9 Å². The van der Waals surface area contributed by atoms with Crippen LogP contribution in [-0.2, 0) is 11.3 Å². The molecular weight excluding hydrogens is 412 g/mol. The lowest BCUT2D eigenvalue weighted by Gasteiger charge is -2.09. The molecule has 8 heteroatoms. The van der Waals surface area contributed by atoms with Gasteiger partial charge < -0.3 is 4.74 Å². The minimum absolute atomic E-state index is 0.0511. The third-order valence-corrected chi connectivity index (χ3v) is 5.51. The number of rotatable bonds is 5. The van der Waals surface area contributed by atoms with Crippen LogP contribution in [0.3, 0.4) is 0 Å². The summed E-state index contributed by atoms with van der Waals surface area (Å²) in [4.78, 5) is 28.7. The molecule has 2 heterocycles. The van der Waals surface area contributed by atoms with Crippen LogP contribution in [0.1, 0.15) is 15.9 Å². The quantitative estimate of drug-likeness (QED) is 0.227. The van der Waals surface area contributed by atoms with E-state index in [-0.39, 0.29) is 12.3 Å². The smallest absolute Gasteiger partial charge is 0.339 e. The fourth-order valence-electron chi connectivity index (χ4n) is 2.91. The molecule has 0 amide bonds. The molecule has 0 spiro atoms. The Bertz CT molecular complexity index is 1240. The Kier molecular flexibility index (Phi) is 5.24. The zero-order chi connectivity index (χ0) is 20.4. The lowest BCUT2D eigenvalue weighted by Crippen LogP contribution is -2.07. The van der Waals surface area contributed by atoms with Gasteiger partial charge in [0.15, 0.2) is 0 Å². The zero-order valence-electron chi connectivity index (χ0n) is 14.9. The summed E-state index contributed by atoms with van der Waals surface area (Å²) in [6.45, 7) is -0.0721. The Morgan fingerprint density at radius 1 is 1.10 bits per heavy atom. The molecule has 0 saturated carbocycles. The van der Waals surface area contributed by atoms with Crippen molar-refractivity contribution >= 4 is 45.5 Å². The highest BCUT2D eigenvalue weighted by atomic mass is 35.5. The van der Waals surface area contributed by atoms with Crippen LogP contribution in [0.25, 0.3) is 21.5 Å². The molecule has 0 saturated heterocycles. The summed E-state index contributed by atoms with van der Waals surface area (Å²) in [7, 11) is 0. The molecule has 6 nitrogen and oxygen atoms in total. The Labute approximate surface area is 174 Å². The molecule has 4 aromatic rings. The van der Waals surface area contributed by atoms with Gasteiger partial charge >= 0.3 is 5.97 Å². The Morgan fingerprint density at radius 2 is 1.93 bits per heavy atom. The van der Waals surface area contributed by atoms with Crippen LogP contribution in [0.2, 0.25) is 4.34 Å². The number of carbonyl (C=O) groups is 1. The van der Waals surface area contributed by atoms with Crippen LogP contribution in [-0.4, -0.2) is 15.9 Å². The van der Waals surface area contributed by atoms with E-state index in [0.29, 0.717) is 32.1 Å². The SMILES string of the molecule is O=C(OCc1cccc([N+](=O)[O-])c1)c1cc(-c2ccc(Cl)s2)nc2ccccc12. The maximum Gasteiger partial charge on any atom is 0.339 e. The van der Waals surface area contributed by atoms with Crippen molar-refractivity contribution in [1.82, 2.24) is 4.98 Å². The molecule has 144 valence electrons. The summed E-state index contributed by atoms with van der Waals surface area (Å²) < 4.78 is 6.07. The van der Waals surface area contributed by atoms with Crippen molar-refractivity contribution in [3.8, 4) is 10.6 Å². The van der Waals surface area contributed by atoms with Gasteiger partial charge in [0, 0.05) is 17.5 Å². The number of nitro groups is 1. The van der Waals surface area contributed by atoms with Crippen molar-refractivity contribution in [1.29, 1.82) is 0 Å². The van der Waals surface area contributed by atoms with Gasteiger partial charge in [-0.3, -0.25) is 10.1 Å². The van der Waals surface area contributed by atoms with E-state index >= 15 is 0 Å². The average molecular weight is 425 g/mol. The number of benzene rings is 2. The van der Waals surface area contributed by atoms with Gasteiger partial charge in [-0.15, -0.1) is 11.3 Å². The van der Waals surface area contributed by atoms with Gasteiger partial charge in [-0.1, -0.05) is 41.9 Å². The van der Waals surface area contributed by atoms with Crippen molar-refractivity contribution in [2.45, 2.75) is 6.61 Å². The van der Waals surface area contributed by atoms with E-state index in [4.69, 9.17) is 16.3 Å². The van der Waals surface area contributed by atoms with E-state index in [1.54, 1.807) is 30.3 Å². The van der Waals surface area contributed by atoms with E-state index in [0.717, 1.165) is 4.88 Å². The number of carbonyl (C=O) groups excluding carboxylic acids is 1. The number of non-ortho nitro benzene ring substituents is 1. The van der Waals surface area contributed by atoms with E-state index in [2.05, 4.69) is 4.98 Å². The van der Waals surface area contributed by atoms with Gasteiger partial charge in [0.1, 0.15) is 6.61 Å². The fourth-order valence-corrected chi connectivity index (χ4v) is 3.91. The molecule has 2 aromatic heterocycles. The number of pyridine rings is 1. The number of thiophene rings is 1. The molecular formula is C21H13ClN2O4S. The zero-order valence-corrected chi connectivity index (χ0v) is 16.4. The molecule has 0 aliphatic heterocycles.